The molecular formula is C29H25F2N5O4S. The van der Waals surface area contributed by atoms with Gasteiger partial charge in [-0.2, -0.15) is 16.3 Å². The predicted octanol–water partition coefficient (Wildman–Crippen LogP) is 4.04. The number of carbonyl (C=O) groups is 1. The maximum absolute atomic E-state index is 14.9. The fourth-order valence-electron chi connectivity index (χ4n) is 4.37. The number of pyridine rings is 1. The molecule has 0 saturated carbocycles. The second kappa shape index (κ2) is 11.9. The van der Waals surface area contributed by atoms with Crippen LogP contribution in [0.4, 0.5) is 20.4 Å². The number of benzene rings is 2. The highest BCUT2D eigenvalue weighted by atomic mass is 32.1. The molecule has 5 rings (SSSR count). The van der Waals surface area contributed by atoms with E-state index in [1.165, 1.54) is 29.5 Å². The van der Waals surface area contributed by atoms with Gasteiger partial charge >= 0.3 is 0 Å². The van der Waals surface area contributed by atoms with Gasteiger partial charge in [0.15, 0.2) is 5.65 Å². The molecule has 3 heterocycles. The molecule has 0 fully saturated rings. The van der Waals surface area contributed by atoms with E-state index in [1.54, 1.807) is 18.2 Å². The average molecular weight is 578 g/mol. The zero-order valence-electron chi connectivity index (χ0n) is 21.8. The second-order valence-corrected chi connectivity index (χ2v) is 10.1. The Morgan fingerprint density at radius 1 is 1.05 bits per heavy atom. The van der Waals surface area contributed by atoms with E-state index in [0.717, 1.165) is 27.8 Å². The number of aliphatic hydroxyl groups is 2. The van der Waals surface area contributed by atoms with Gasteiger partial charge in [-0.3, -0.25) is 14.2 Å². The minimum absolute atomic E-state index is 0.0945. The van der Waals surface area contributed by atoms with Crippen LogP contribution in [0.1, 0.15) is 11.1 Å². The molecule has 4 N–H and O–H groups in total. The molecular weight excluding hydrogens is 552 g/mol. The van der Waals surface area contributed by atoms with Crippen LogP contribution in [0.5, 0.6) is 0 Å². The predicted molar refractivity (Wildman–Crippen MR) is 153 cm³/mol. The first kappa shape index (κ1) is 28.0. The van der Waals surface area contributed by atoms with Crippen molar-refractivity contribution in [3.63, 3.8) is 0 Å². The minimum Gasteiger partial charge on any atom is -0.394 e. The van der Waals surface area contributed by atoms with Gasteiger partial charge in [-0.25, -0.2) is 13.8 Å². The summed E-state index contributed by atoms with van der Waals surface area (Å²) < 4.78 is 30.6. The van der Waals surface area contributed by atoms with Crippen molar-refractivity contribution < 1.29 is 23.8 Å². The number of nitrogens with zero attached hydrogens (tertiary/aromatic N) is 3. The average Bonchev–Trinajstić information content (AvgIpc) is 3.46. The van der Waals surface area contributed by atoms with Crippen molar-refractivity contribution >= 4 is 39.9 Å². The van der Waals surface area contributed by atoms with Crippen molar-refractivity contribution in [3.8, 4) is 16.9 Å². The molecule has 0 radical (unpaired) electrons. The van der Waals surface area contributed by atoms with Crippen LogP contribution < -0.4 is 16.2 Å². The number of halogens is 2. The summed E-state index contributed by atoms with van der Waals surface area (Å²) in [6, 6.07) is 12.1. The lowest BCUT2D eigenvalue weighted by Gasteiger charge is -2.18. The molecule has 0 aliphatic heterocycles. The van der Waals surface area contributed by atoms with Crippen LogP contribution in [-0.2, 0) is 11.2 Å². The number of aryl methyl sites for hydroxylation is 1. The topological polar surface area (TPSA) is 129 Å². The first-order chi connectivity index (χ1) is 19.8. The molecule has 0 unspecified atom stereocenters. The highest BCUT2D eigenvalue weighted by molar-refractivity contribution is 7.08. The van der Waals surface area contributed by atoms with Crippen molar-refractivity contribution in [1.82, 2.24) is 14.5 Å². The molecule has 5 aromatic rings. The first-order valence-electron chi connectivity index (χ1n) is 12.6. The summed E-state index contributed by atoms with van der Waals surface area (Å²) in [5.41, 5.74) is 1.54. The van der Waals surface area contributed by atoms with E-state index in [-0.39, 0.29) is 23.9 Å². The van der Waals surface area contributed by atoms with E-state index in [2.05, 4.69) is 20.6 Å². The van der Waals surface area contributed by atoms with Crippen LogP contribution in [0.3, 0.4) is 0 Å². The van der Waals surface area contributed by atoms with Gasteiger partial charge in [-0.1, -0.05) is 12.1 Å². The number of hydrogen-bond acceptors (Lipinski definition) is 8. The van der Waals surface area contributed by atoms with E-state index in [4.69, 9.17) is 0 Å². The number of rotatable bonds is 9. The molecule has 2 aromatic carbocycles. The van der Waals surface area contributed by atoms with Crippen LogP contribution in [0, 0.1) is 18.6 Å². The van der Waals surface area contributed by atoms with Crippen LogP contribution in [-0.4, -0.2) is 49.9 Å². The highest BCUT2D eigenvalue weighted by Gasteiger charge is 2.21. The standard InChI is InChI=1S/C29H25F2N5O4S/c1-16-5-6-18(32-24(39)11-17-9-10-41-15-17)12-21(16)26-20-7-8-25(40)36(27-22(30)3-2-4-23(27)31)28(20)35-29(34-26)33-19(13-37)14-38/h2-10,12,15,19,37-38H,11,13-14H2,1H3,(H,32,39)(H,33,34,35). The minimum atomic E-state index is -0.968. The Morgan fingerprint density at radius 2 is 1.80 bits per heavy atom. The molecule has 0 atom stereocenters. The summed E-state index contributed by atoms with van der Waals surface area (Å²) in [6.45, 7) is 0.910. The first-order valence-corrected chi connectivity index (χ1v) is 13.5. The lowest BCUT2D eigenvalue weighted by atomic mass is 10.0. The Hall–Kier alpha value is -4.52. The molecule has 0 spiro atoms. The number of carbonyl (C=O) groups excluding carboxylic acids is 1. The SMILES string of the molecule is Cc1ccc(NC(=O)Cc2ccsc2)cc1-c1nc(NC(CO)CO)nc2c1ccc(=O)n2-c1c(F)cccc1F. The van der Waals surface area contributed by atoms with Crippen molar-refractivity contribution in [2.24, 2.45) is 0 Å². The molecule has 210 valence electrons. The zero-order chi connectivity index (χ0) is 29.1. The summed E-state index contributed by atoms with van der Waals surface area (Å²) in [6.07, 6.45) is 0.196. The lowest BCUT2D eigenvalue weighted by Crippen LogP contribution is -2.29. The number of hydrogen-bond donors (Lipinski definition) is 4. The Morgan fingerprint density at radius 3 is 2.49 bits per heavy atom. The van der Waals surface area contributed by atoms with Crippen LogP contribution in [0.25, 0.3) is 28.0 Å². The normalized spacial score (nSPS) is 11.3. The molecule has 0 aliphatic carbocycles. The van der Waals surface area contributed by atoms with Crippen molar-refractivity contribution in [2.75, 3.05) is 23.8 Å². The van der Waals surface area contributed by atoms with Crippen LogP contribution >= 0.6 is 11.3 Å². The monoisotopic (exact) mass is 577 g/mol. The molecule has 12 heteroatoms. The number of amides is 1. The molecule has 0 aliphatic rings. The number of aromatic nitrogens is 3. The summed E-state index contributed by atoms with van der Waals surface area (Å²) in [7, 11) is 0. The maximum atomic E-state index is 14.9. The van der Waals surface area contributed by atoms with E-state index >= 15 is 0 Å². The maximum Gasteiger partial charge on any atom is 0.256 e. The molecule has 0 bridgehead atoms. The highest BCUT2D eigenvalue weighted by Crippen LogP contribution is 2.33. The fraction of sp³-hybridized carbons (Fsp3) is 0.172. The van der Waals surface area contributed by atoms with E-state index in [1.807, 2.05) is 23.8 Å². The molecule has 0 saturated heterocycles. The Kier molecular flexibility index (Phi) is 8.15. The second-order valence-electron chi connectivity index (χ2n) is 9.30. The third-order valence-electron chi connectivity index (χ3n) is 6.41. The third kappa shape index (κ3) is 5.85. The number of para-hydroxylation sites is 1. The van der Waals surface area contributed by atoms with Gasteiger partial charge in [0.05, 0.1) is 31.4 Å². The van der Waals surface area contributed by atoms with Gasteiger partial charge < -0.3 is 20.8 Å². The van der Waals surface area contributed by atoms with Crippen LogP contribution in [0.15, 0.2) is 70.2 Å². The number of anilines is 2. The Labute approximate surface area is 236 Å². The number of nitrogens with one attached hydrogen (secondary N) is 2. The summed E-state index contributed by atoms with van der Waals surface area (Å²) in [5, 5.41) is 29.0. The van der Waals surface area contributed by atoms with Crippen molar-refractivity contribution in [1.29, 1.82) is 0 Å². The smallest absolute Gasteiger partial charge is 0.256 e. The summed E-state index contributed by atoms with van der Waals surface area (Å²) >= 11 is 1.50. The van der Waals surface area contributed by atoms with Gasteiger partial charge in [0.2, 0.25) is 11.9 Å². The van der Waals surface area contributed by atoms with Gasteiger partial charge in [-0.15, -0.1) is 0 Å². The molecule has 41 heavy (non-hydrogen) atoms. The quantitative estimate of drug-likeness (QED) is 0.208. The van der Waals surface area contributed by atoms with E-state index in [9.17, 15) is 28.6 Å². The van der Waals surface area contributed by atoms with Gasteiger partial charge in [0.25, 0.3) is 5.56 Å². The largest absolute Gasteiger partial charge is 0.394 e. The summed E-state index contributed by atoms with van der Waals surface area (Å²) in [5.74, 6) is -2.25. The fourth-order valence-corrected chi connectivity index (χ4v) is 5.04. The van der Waals surface area contributed by atoms with Gasteiger partial charge in [0, 0.05) is 22.7 Å². The Bertz CT molecular complexity index is 1770. The molecule has 9 nitrogen and oxygen atoms in total. The van der Waals surface area contributed by atoms with Gasteiger partial charge in [0.1, 0.15) is 17.3 Å². The third-order valence-corrected chi connectivity index (χ3v) is 7.14. The van der Waals surface area contributed by atoms with Crippen molar-refractivity contribution in [2.45, 2.75) is 19.4 Å². The van der Waals surface area contributed by atoms with Crippen LogP contribution in [0.2, 0.25) is 0 Å². The lowest BCUT2D eigenvalue weighted by molar-refractivity contribution is -0.115. The van der Waals surface area contributed by atoms with Gasteiger partial charge in [-0.05, 0) is 65.2 Å². The number of thiophene rings is 1. The van der Waals surface area contributed by atoms with Crippen molar-refractivity contribution in [3.05, 3.63) is 98.5 Å². The Balaban J connectivity index is 1.70. The molecule has 3 aromatic heterocycles. The van der Waals surface area contributed by atoms with E-state index in [0.29, 0.717) is 22.3 Å². The number of aliphatic hydroxyl groups excluding tert-OH is 2. The summed E-state index contributed by atoms with van der Waals surface area (Å²) in [4.78, 5) is 34.7. The number of fused-ring (bicyclic) bond motifs is 1. The van der Waals surface area contributed by atoms with E-state index < -0.39 is 42.1 Å². The molecule has 1 amide bonds. The zero-order valence-corrected chi connectivity index (χ0v) is 22.6.